The quantitative estimate of drug-likeness (QED) is 0.714. The summed E-state index contributed by atoms with van der Waals surface area (Å²) in [7, 11) is 0. The molecule has 0 aliphatic rings. The van der Waals surface area contributed by atoms with Gasteiger partial charge in [-0.3, -0.25) is 0 Å². The molecular weight excluding hydrogens is 260 g/mol. The van der Waals surface area contributed by atoms with Gasteiger partial charge in [-0.1, -0.05) is 12.1 Å². The molecule has 0 radical (unpaired) electrons. The molecule has 0 saturated carbocycles. The molecule has 0 heterocycles. The molecule has 0 spiro atoms. The predicted molar refractivity (Wildman–Crippen MR) is 70.8 cm³/mol. The topological polar surface area (TPSA) is 107 Å². The maximum Gasteiger partial charge on any atom is 0.168 e. The Bertz CT molecular complexity index is 539. The maximum atomic E-state index is 8.83. The summed E-state index contributed by atoms with van der Waals surface area (Å²) in [6.07, 6.45) is 1.37. The fourth-order valence-electron chi connectivity index (χ4n) is 1.46. The highest BCUT2D eigenvalue weighted by molar-refractivity contribution is 5.69. The fourth-order valence-corrected chi connectivity index (χ4v) is 1.46. The Morgan fingerprint density at radius 3 is 2.35 bits per heavy atom. The number of aliphatic hydroxyl groups is 2. The second kappa shape index (κ2) is 8.54. The summed E-state index contributed by atoms with van der Waals surface area (Å²) < 4.78 is 10.7. The van der Waals surface area contributed by atoms with E-state index >= 15 is 0 Å². The molecule has 1 aromatic carbocycles. The second-order valence-electron chi connectivity index (χ2n) is 3.60. The molecule has 0 atom stereocenters. The number of hydrogen-bond donors (Lipinski definition) is 2. The Kier molecular flexibility index (Phi) is 6.63. The lowest BCUT2D eigenvalue weighted by molar-refractivity contribution is 0.178. The van der Waals surface area contributed by atoms with Gasteiger partial charge in [-0.05, 0) is 12.1 Å². The van der Waals surface area contributed by atoms with Gasteiger partial charge in [0.05, 0.1) is 13.2 Å². The summed E-state index contributed by atoms with van der Waals surface area (Å²) in [6.45, 7) is -0.192. The standard InChI is InChI=1S/C14H14N2O4/c15-9-11(10-16)8-12-2-1-3-13(19-6-4-17)14(12)20-7-5-18/h1-3,8,17-18H,4-7H2. The lowest BCUT2D eigenvalue weighted by atomic mass is 10.1. The molecule has 0 saturated heterocycles. The lowest BCUT2D eigenvalue weighted by Crippen LogP contribution is -2.07. The molecule has 1 rings (SSSR count). The third kappa shape index (κ3) is 4.29. The van der Waals surface area contributed by atoms with E-state index in [9.17, 15) is 0 Å². The minimum Gasteiger partial charge on any atom is -0.487 e. The first kappa shape index (κ1) is 15.5. The minimum absolute atomic E-state index is 0.0504. The first-order valence-corrected chi connectivity index (χ1v) is 5.89. The van der Waals surface area contributed by atoms with Crippen molar-refractivity contribution in [3.05, 3.63) is 29.3 Å². The number of hydrogen-bond acceptors (Lipinski definition) is 6. The van der Waals surface area contributed by atoms with E-state index in [1.807, 2.05) is 0 Å². The summed E-state index contributed by atoms with van der Waals surface area (Å²) in [5, 5.41) is 35.2. The Hall–Kier alpha value is -2.54. The van der Waals surface area contributed by atoms with E-state index in [4.69, 9.17) is 30.2 Å². The van der Waals surface area contributed by atoms with Crippen molar-refractivity contribution in [2.24, 2.45) is 0 Å². The van der Waals surface area contributed by atoms with Crippen LogP contribution >= 0.6 is 0 Å². The zero-order valence-electron chi connectivity index (χ0n) is 10.7. The number of para-hydroxylation sites is 1. The van der Waals surface area contributed by atoms with Crippen LogP contribution in [0.3, 0.4) is 0 Å². The van der Waals surface area contributed by atoms with E-state index in [0.717, 1.165) is 0 Å². The van der Waals surface area contributed by atoms with Gasteiger partial charge in [0.25, 0.3) is 0 Å². The van der Waals surface area contributed by atoms with E-state index < -0.39 is 0 Å². The highest BCUT2D eigenvalue weighted by atomic mass is 16.5. The van der Waals surface area contributed by atoms with Crippen molar-refractivity contribution in [2.45, 2.75) is 0 Å². The van der Waals surface area contributed by atoms with Crippen LogP contribution in [0.15, 0.2) is 23.8 Å². The van der Waals surface area contributed by atoms with Crippen molar-refractivity contribution >= 4 is 6.08 Å². The van der Waals surface area contributed by atoms with Gasteiger partial charge in [0.15, 0.2) is 11.5 Å². The number of nitrogens with zero attached hydrogens (tertiary/aromatic N) is 2. The van der Waals surface area contributed by atoms with Crippen LogP contribution in [0.2, 0.25) is 0 Å². The van der Waals surface area contributed by atoms with Gasteiger partial charge < -0.3 is 19.7 Å². The van der Waals surface area contributed by atoms with Crippen molar-refractivity contribution in [1.29, 1.82) is 10.5 Å². The molecule has 2 N–H and O–H groups in total. The summed E-state index contributed by atoms with van der Waals surface area (Å²) in [4.78, 5) is 0. The molecule has 0 aliphatic carbocycles. The van der Waals surface area contributed by atoms with Gasteiger partial charge in [0.2, 0.25) is 0 Å². The largest absolute Gasteiger partial charge is 0.487 e. The van der Waals surface area contributed by atoms with Gasteiger partial charge in [0, 0.05) is 5.56 Å². The van der Waals surface area contributed by atoms with Crippen LogP contribution in [0.1, 0.15) is 5.56 Å². The van der Waals surface area contributed by atoms with Crippen LogP contribution in [0, 0.1) is 22.7 Å². The first-order valence-electron chi connectivity index (χ1n) is 5.89. The molecular formula is C14H14N2O4. The van der Waals surface area contributed by atoms with E-state index in [1.165, 1.54) is 6.08 Å². The average molecular weight is 274 g/mol. The molecule has 0 aromatic heterocycles. The molecule has 0 fully saturated rings. The van der Waals surface area contributed by atoms with E-state index in [-0.39, 0.29) is 32.0 Å². The zero-order valence-corrected chi connectivity index (χ0v) is 10.7. The van der Waals surface area contributed by atoms with Crippen molar-refractivity contribution in [3.63, 3.8) is 0 Å². The van der Waals surface area contributed by atoms with Gasteiger partial charge in [-0.25, -0.2) is 0 Å². The Labute approximate surface area is 116 Å². The monoisotopic (exact) mass is 274 g/mol. The molecule has 20 heavy (non-hydrogen) atoms. The highest BCUT2D eigenvalue weighted by Gasteiger charge is 2.10. The molecule has 0 amide bonds. The highest BCUT2D eigenvalue weighted by Crippen LogP contribution is 2.32. The van der Waals surface area contributed by atoms with Crippen molar-refractivity contribution in [2.75, 3.05) is 26.4 Å². The number of benzene rings is 1. The number of aliphatic hydroxyl groups excluding tert-OH is 2. The third-order valence-corrected chi connectivity index (χ3v) is 2.24. The average Bonchev–Trinajstić information content (AvgIpc) is 2.49. The molecule has 1 aromatic rings. The molecule has 0 unspecified atom stereocenters. The van der Waals surface area contributed by atoms with Crippen molar-refractivity contribution in [3.8, 4) is 23.6 Å². The van der Waals surface area contributed by atoms with Crippen molar-refractivity contribution < 1.29 is 19.7 Å². The number of ether oxygens (including phenoxy) is 2. The maximum absolute atomic E-state index is 8.83. The normalized spacial score (nSPS) is 9.20. The van der Waals surface area contributed by atoms with Gasteiger partial charge >= 0.3 is 0 Å². The minimum atomic E-state index is -0.180. The second-order valence-corrected chi connectivity index (χ2v) is 3.60. The van der Waals surface area contributed by atoms with E-state index in [0.29, 0.717) is 17.1 Å². The zero-order chi connectivity index (χ0) is 14.8. The summed E-state index contributed by atoms with van der Waals surface area (Å²) in [6, 6.07) is 8.50. The molecule has 0 aliphatic heterocycles. The van der Waals surface area contributed by atoms with E-state index in [1.54, 1.807) is 30.3 Å². The summed E-state index contributed by atoms with van der Waals surface area (Å²) in [5.41, 5.74) is 0.421. The lowest BCUT2D eigenvalue weighted by Gasteiger charge is -2.14. The van der Waals surface area contributed by atoms with Gasteiger partial charge in [-0.2, -0.15) is 10.5 Å². The molecule has 104 valence electrons. The molecule has 6 heteroatoms. The fraction of sp³-hybridized carbons (Fsp3) is 0.286. The number of nitriles is 2. The van der Waals surface area contributed by atoms with Crippen LogP contribution in [0.25, 0.3) is 6.08 Å². The Morgan fingerprint density at radius 1 is 1.10 bits per heavy atom. The molecule has 6 nitrogen and oxygen atoms in total. The van der Waals surface area contributed by atoms with Crippen LogP contribution < -0.4 is 9.47 Å². The Balaban J connectivity index is 3.18. The van der Waals surface area contributed by atoms with Gasteiger partial charge in [0.1, 0.15) is 30.9 Å². The van der Waals surface area contributed by atoms with Crippen LogP contribution in [0.5, 0.6) is 11.5 Å². The summed E-state index contributed by atoms with van der Waals surface area (Å²) in [5.74, 6) is 0.689. The van der Waals surface area contributed by atoms with Crippen molar-refractivity contribution in [1.82, 2.24) is 0 Å². The van der Waals surface area contributed by atoms with Crippen LogP contribution in [-0.2, 0) is 0 Å². The van der Waals surface area contributed by atoms with Gasteiger partial charge in [-0.15, -0.1) is 0 Å². The third-order valence-electron chi connectivity index (χ3n) is 2.24. The predicted octanol–water partition coefficient (Wildman–Crippen LogP) is 0.859. The van der Waals surface area contributed by atoms with Crippen LogP contribution in [-0.4, -0.2) is 36.6 Å². The first-order chi connectivity index (χ1) is 9.76. The Morgan fingerprint density at radius 2 is 1.75 bits per heavy atom. The smallest absolute Gasteiger partial charge is 0.168 e. The summed E-state index contributed by atoms with van der Waals surface area (Å²) >= 11 is 0. The molecule has 0 bridgehead atoms. The number of allylic oxidation sites excluding steroid dienone is 1. The van der Waals surface area contributed by atoms with E-state index in [2.05, 4.69) is 0 Å². The SMILES string of the molecule is N#CC(C#N)=Cc1cccc(OCCO)c1OCCO. The number of rotatable bonds is 7. The van der Waals surface area contributed by atoms with Crippen LogP contribution in [0.4, 0.5) is 0 Å².